The van der Waals surface area contributed by atoms with Crippen molar-refractivity contribution in [2.75, 3.05) is 13.2 Å². The van der Waals surface area contributed by atoms with E-state index in [9.17, 15) is 17.6 Å². The lowest BCUT2D eigenvalue weighted by Crippen LogP contribution is -2.59. The number of hydrogen-bond donors (Lipinski definition) is 2. The van der Waals surface area contributed by atoms with Crippen LogP contribution >= 0.6 is 11.6 Å². The minimum Gasteiger partial charge on any atom is -0.478 e. The molecule has 0 atom stereocenters. The van der Waals surface area contributed by atoms with Crippen LogP contribution in [0.25, 0.3) is 0 Å². The number of carboxylic acids is 1. The lowest BCUT2D eigenvalue weighted by atomic mass is 10.0. The zero-order valence-electron chi connectivity index (χ0n) is 10.3. The third kappa shape index (κ3) is 2.78. The number of nitrogens with one attached hydrogen (secondary N) is 1. The van der Waals surface area contributed by atoms with Crippen molar-refractivity contribution in [3.8, 4) is 0 Å². The maximum absolute atomic E-state index is 14.0. The smallest absolute Gasteiger partial charge is 0.338 e. The molecule has 1 aliphatic heterocycles. The average Bonchev–Trinajstić information content (AvgIpc) is 2.28. The van der Waals surface area contributed by atoms with E-state index < -0.39 is 37.8 Å². The summed E-state index contributed by atoms with van der Waals surface area (Å²) in [5, 5.41) is 8.66. The van der Waals surface area contributed by atoms with Crippen LogP contribution in [0.2, 0.25) is 5.02 Å². The zero-order valence-corrected chi connectivity index (χ0v) is 11.9. The number of sulfonamides is 1. The van der Waals surface area contributed by atoms with Crippen LogP contribution in [0.15, 0.2) is 17.0 Å². The molecule has 2 N–H and O–H groups in total. The topological polar surface area (TPSA) is 92.7 Å². The number of carboxylic acid groups (broad SMARTS) is 1. The highest BCUT2D eigenvalue weighted by Gasteiger charge is 2.39. The Kier molecular flexibility index (Phi) is 3.76. The van der Waals surface area contributed by atoms with Crippen LogP contribution in [0, 0.1) is 5.82 Å². The summed E-state index contributed by atoms with van der Waals surface area (Å²) in [4.78, 5) is 10.1. The molecule has 9 heteroatoms. The molecule has 6 nitrogen and oxygen atoms in total. The molecular weight excluding hydrogens is 313 g/mol. The van der Waals surface area contributed by atoms with Crippen LogP contribution < -0.4 is 4.72 Å². The van der Waals surface area contributed by atoms with Gasteiger partial charge in [0.25, 0.3) is 0 Å². The Bertz CT molecular complexity index is 672. The second-order valence-corrected chi connectivity index (χ2v) is 6.82. The van der Waals surface area contributed by atoms with Gasteiger partial charge in [0.15, 0.2) is 5.82 Å². The monoisotopic (exact) mass is 323 g/mol. The highest BCUT2D eigenvalue weighted by molar-refractivity contribution is 7.89. The van der Waals surface area contributed by atoms with Gasteiger partial charge in [-0.3, -0.25) is 0 Å². The Morgan fingerprint density at radius 3 is 2.55 bits per heavy atom. The van der Waals surface area contributed by atoms with Crippen LogP contribution in [-0.4, -0.2) is 38.2 Å². The third-order valence-electron chi connectivity index (χ3n) is 2.75. The summed E-state index contributed by atoms with van der Waals surface area (Å²) >= 11 is 5.64. The number of rotatable bonds is 4. The number of carbonyl (C=O) groups is 1. The van der Waals surface area contributed by atoms with Crippen molar-refractivity contribution in [1.29, 1.82) is 0 Å². The molecular formula is C11H11ClFNO5S. The highest BCUT2D eigenvalue weighted by atomic mass is 35.5. The summed E-state index contributed by atoms with van der Waals surface area (Å²) in [7, 11) is -4.24. The first-order chi connectivity index (χ1) is 9.15. The quantitative estimate of drug-likeness (QED) is 0.869. The van der Waals surface area contributed by atoms with Gasteiger partial charge in [0, 0.05) is 5.02 Å². The summed E-state index contributed by atoms with van der Waals surface area (Å²) in [6.07, 6.45) is 0. The highest BCUT2D eigenvalue weighted by Crippen LogP contribution is 2.26. The summed E-state index contributed by atoms with van der Waals surface area (Å²) in [5.74, 6) is -2.95. The Morgan fingerprint density at radius 2 is 2.10 bits per heavy atom. The fourth-order valence-electron chi connectivity index (χ4n) is 1.76. The number of ether oxygens (including phenoxy) is 1. The van der Waals surface area contributed by atoms with Crippen molar-refractivity contribution >= 4 is 27.6 Å². The number of benzene rings is 1. The van der Waals surface area contributed by atoms with Crippen molar-refractivity contribution < 1.29 is 27.4 Å². The molecule has 2 rings (SSSR count). The fourth-order valence-corrected chi connectivity index (χ4v) is 3.55. The van der Waals surface area contributed by atoms with Gasteiger partial charge >= 0.3 is 5.97 Å². The van der Waals surface area contributed by atoms with Gasteiger partial charge in [0.05, 0.1) is 24.3 Å². The Hall–Kier alpha value is -1.22. The second kappa shape index (κ2) is 4.96. The van der Waals surface area contributed by atoms with E-state index in [-0.39, 0.29) is 18.2 Å². The minimum absolute atomic E-state index is 0.153. The maximum Gasteiger partial charge on any atom is 0.338 e. The van der Waals surface area contributed by atoms with Crippen molar-refractivity contribution in [3.05, 3.63) is 28.5 Å². The van der Waals surface area contributed by atoms with E-state index in [1.54, 1.807) is 6.92 Å². The molecule has 0 radical (unpaired) electrons. The van der Waals surface area contributed by atoms with Crippen molar-refractivity contribution in [1.82, 2.24) is 4.72 Å². The summed E-state index contributed by atoms with van der Waals surface area (Å²) < 4.78 is 45.4. The summed E-state index contributed by atoms with van der Waals surface area (Å²) in [6.45, 7) is 1.90. The van der Waals surface area contributed by atoms with Gasteiger partial charge in [-0.05, 0) is 19.1 Å². The largest absolute Gasteiger partial charge is 0.478 e. The number of hydrogen-bond acceptors (Lipinski definition) is 4. The van der Waals surface area contributed by atoms with Crippen molar-refractivity contribution in [2.45, 2.75) is 17.4 Å². The molecule has 0 spiro atoms. The van der Waals surface area contributed by atoms with Crippen LogP contribution in [0.4, 0.5) is 4.39 Å². The van der Waals surface area contributed by atoms with E-state index in [2.05, 4.69) is 4.72 Å². The molecule has 0 aliphatic carbocycles. The van der Waals surface area contributed by atoms with E-state index in [1.807, 2.05) is 0 Å². The molecule has 1 heterocycles. The predicted molar refractivity (Wildman–Crippen MR) is 67.9 cm³/mol. The van der Waals surface area contributed by atoms with Gasteiger partial charge in [0.1, 0.15) is 4.90 Å². The second-order valence-electron chi connectivity index (χ2n) is 4.73. The molecule has 1 aliphatic rings. The van der Waals surface area contributed by atoms with Gasteiger partial charge in [-0.15, -0.1) is 0 Å². The molecule has 1 aromatic rings. The normalized spacial score (nSPS) is 17.6. The first kappa shape index (κ1) is 15.2. The summed E-state index contributed by atoms with van der Waals surface area (Å²) in [5.41, 5.74) is -1.63. The minimum atomic E-state index is -4.24. The third-order valence-corrected chi connectivity index (χ3v) is 4.60. The van der Waals surface area contributed by atoms with E-state index in [4.69, 9.17) is 21.4 Å². The van der Waals surface area contributed by atoms with Crippen LogP contribution in [0.1, 0.15) is 17.3 Å². The van der Waals surface area contributed by atoms with E-state index in [0.717, 1.165) is 12.1 Å². The van der Waals surface area contributed by atoms with E-state index in [1.165, 1.54) is 0 Å². The first-order valence-electron chi connectivity index (χ1n) is 5.49. The molecule has 0 bridgehead atoms. The van der Waals surface area contributed by atoms with Gasteiger partial charge < -0.3 is 9.84 Å². The van der Waals surface area contributed by atoms with E-state index in [0.29, 0.717) is 0 Å². The SMILES string of the molecule is CC1(NS(=O)(=O)c2cc(Cl)cc(C(=O)O)c2F)COC1. The fraction of sp³-hybridized carbons (Fsp3) is 0.364. The Labute approximate surface area is 119 Å². The van der Waals surface area contributed by atoms with Gasteiger partial charge in [0.2, 0.25) is 10.0 Å². The molecule has 0 amide bonds. The van der Waals surface area contributed by atoms with Crippen molar-refractivity contribution in [3.63, 3.8) is 0 Å². The van der Waals surface area contributed by atoms with Gasteiger partial charge in [-0.2, -0.15) is 0 Å². The zero-order chi connectivity index (χ0) is 15.1. The molecule has 20 heavy (non-hydrogen) atoms. The molecule has 0 unspecified atom stereocenters. The van der Waals surface area contributed by atoms with Crippen LogP contribution in [0.5, 0.6) is 0 Å². The van der Waals surface area contributed by atoms with Crippen molar-refractivity contribution in [2.24, 2.45) is 0 Å². The molecule has 1 aromatic carbocycles. The number of halogens is 2. The lowest BCUT2D eigenvalue weighted by molar-refractivity contribution is -0.0523. The first-order valence-corrected chi connectivity index (χ1v) is 7.35. The Morgan fingerprint density at radius 1 is 1.50 bits per heavy atom. The van der Waals surface area contributed by atoms with E-state index >= 15 is 0 Å². The predicted octanol–water partition coefficient (Wildman–Crippen LogP) is 1.24. The molecule has 1 saturated heterocycles. The van der Waals surface area contributed by atoms with Gasteiger partial charge in [-0.1, -0.05) is 11.6 Å². The summed E-state index contributed by atoms with van der Waals surface area (Å²) in [6, 6.07) is 1.72. The standard InChI is InChI=1S/C11H11ClFNO5S/c1-11(4-19-5-11)14-20(17,18)8-3-6(12)2-7(9(8)13)10(15)16/h2-3,14H,4-5H2,1H3,(H,15,16). The van der Waals surface area contributed by atoms with Gasteiger partial charge in [-0.25, -0.2) is 22.3 Å². The molecule has 110 valence electrons. The molecule has 0 saturated carbocycles. The van der Waals surface area contributed by atoms with Crippen LogP contribution in [-0.2, 0) is 14.8 Å². The lowest BCUT2D eigenvalue weighted by Gasteiger charge is -2.38. The van der Waals surface area contributed by atoms with Crippen LogP contribution in [0.3, 0.4) is 0 Å². The number of aromatic carboxylic acids is 1. The Balaban J connectivity index is 2.48. The maximum atomic E-state index is 14.0. The molecule has 0 aromatic heterocycles. The molecule has 1 fully saturated rings. The average molecular weight is 324 g/mol.